The van der Waals surface area contributed by atoms with Gasteiger partial charge in [-0.25, -0.2) is 0 Å². The van der Waals surface area contributed by atoms with Crippen molar-refractivity contribution >= 4 is 34.2 Å². The number of hydrogen-bond acceptors (Lipinski definition) is 5. The lowest BCUT2D eigenvalue weighted by Gasteiger charge is -2.27. The zero-order valence-electron chi connectivity index (χ0n) is 16.9. The van der Waals surface area contributed by atoms with E-state index in [1.165, 1.54) is 0 Å². The van der Waals surface area contributed by atoms with Gasteiger partial charge in [0.2, 0.25) is 0 Å². The van der Waals surface area contributed by atoms with E-state index >= 15 is 0 Å². The van der Waals surface area contributed by atoms with Crippen LogP contribution >= 0.6 is 34.2 Å². The van der Waals surface area contributed by atoms with E-state index in [2.05, 4.69) is 42.5 Å². The van der Waals surface area contributed by atoms with Gasteiger partial charge in [0.15, 0.2) is 0 Å². The maximum Gasteiger partial charge on any atom is 0.132 e. The van der Waals surface area contributed by atoms with Crippen LogP contribution < -0.4 is 9.47 Å². The molecule has 7 heteroatoms. The van der Waals surface area contributed by atoms with Crippen LogP contribution in [0.4, 0.5) is 0 Å². The Morgan fingerprint density at radius 3 is 2.14 bits per heavy atom. The minimum atomic E-state index is -0.681. The van der Waals surface area contributed by atoms with Crippen molar-refractivity contribution in [3.63, 3.8) is 0 Å². The van der Waals surface area contributed by atoms with E-state index < -0.39 is 12.2 Å². The van der Waals surface area contributed by atoms with Gasteiger partial charge in [-0.3, -0.25) is 0 Å². The lowest BCUT2D eigenvalue weighted by Crippen LogP contribution is -2.23. The molecule has 2 aromatic rings. The maximum atomic E-state index is 9.69. The Labute approximate surface area is 191 Å². The first-order valence-electron chi connectivity index (χ1n) is 9.35. The van der Waals surface area contributed by atoms with Crippen molar-refractivity contribution in [3.05, 3.63) is 57.2 Å². The Kier molecular flexibility index (Phi) is 9.49. The van der Waals surface area contributed by atoms with Gasteiger partial charge in [0.25, 0.3) is 0 Å². The molecule has 2 atom stereocenters. The van der Waals surface area contributed by atoms with E-state index in [1.54, 1.807) is 7.11 Å². The largest absolute Gasteiger partial charge is 0.491 e. The maximum absolute atomic E-state index is 9.69. The minimum absolute atomic E-state index is 0.146. The second-order valence-electron chi connectivity index (χ2n) is 7.33. The van der Waals surface area contributed by atoms with Gasteiger partial charge in [0.05, 0.1) is 16.1 Å². The fourth-order valence-electron chi connectivity index (χ4n) is 2.80. The molecule has 0 unspecified atom stereocenters. The van der Waals surface area contributed by atoms with Crippen LogP contribution in [0.2, 0.25) is 0 Å². The number of methoxy groups -OCH3 is 1. The van der Waals surface area contributed by atoms with E-state index in [9.17, 15) is 10.2 Å². The molecule has 2 aromatic carbocycles. The van der Waals surface area contributed by atoms with Gasteiger partial charge in [-0.05, 0) is 58.0 Å². The van der Waals surface area contributed by atoms with Crippen LogP contribution in [-0.4, -0.2) is 55.2 Å². The SMILES string of the molecule is COC[C@@H](O)COc1ccc(C(C)(C)c2ccc(OC[C@H](O)CCl)c(I)c2)cc1. The number of rotatable bonds is 11. The van der Waals surface area contributed by atoms with E-state index in [1.807, 2.05) is 36.4 Å². The van der Waals surface area contributed by atoms with Crippen LogP contribution in [0.5, 0.6) is 11.5 Å². The molecular formula is C22H28ClIO5. The Bertz CT molecular complexity index is 766. The quantitative estimate of drug-likeness (QED) is 0.337. The standard InChI is InChI=1S/C22H28ClIO5/c1-22(2,15-4-7-19(8-5-15)28-14-18(26)12-27-3)16-6-9-21(20(24)10-16)29-13-17(25)11-23/h4-10,17-18,25-26H,11-14H2,1-3H3/t17-,18-/m1/s1. The highest BCUT2D eigenvalue weighted by Crippen LogP contribution is 2.35. The Balaban J connectivity index is 2.08. The third-order valence-electron chi connectivity index (χ3n) is 4.64. The summed E-state index contributed by atoms with van der Waals surface area (Å²) in [4.78, 5) is 0. The summed E-state index contributed by atoms with van der Waals surface area (Å²) >= 11 is 7.85. The molecule has 29 heavy (non-hydrogen) atoms. The summed E-state index contributed by atoms with van der Waals surface area (Å²) in [6, 6.07) is 13.9. The van der Waals surface area contributed by atoms with Gasteiger partial charge in [-0.2, -0.15) is 0 Å². The highest BCUT2D eigenvalue weighted by atomic mass is 127. The highest BCUT2D eigenvalue weighted by molar-refractivity contribution is 14.1. The molecule has 0 radical (unpaired) electrons. The average molecular weight is 535 g/mol. The summed E-state index contributed by atoms with van der Waals surface area (Å²) in [6.07, 6.45) is -1.33. The Morgan fingerprint density at radius 1 is 0.931 bits per heavy atom. The van der Waals surface area contributed by atoms with Gasteiger partial charge in [-0.15, -0.1) is 11.6 Å². The average Bonchev–Trinajstić information content (AvgIpc) is 2.71. The summed E-state index contributed by atoms with van der Waals surface area (Å²) in [5.74, 6) is 1.58. The molecule has 0 saturated carbocycles. The molecule has 5 nitrogen and oxygen atoms in total. The normalized spacial score (nSPS) is 13.8. The van der Waals surface area contributed by atoms with Crippen LogP contribution in [0.3, 0.4) is 0 Å². The van der Waals surface area contributed by atoms with Crippen molar-refractivity contribution < 1.29 is 24.4 Å². The number of hydrogen-bond donors (Lipinski definition) is 2. The summed E-state index contributed by atoms with van der Waals surface area (Å²) in [7, 11) is 1.54. The molecule has 0 fully saturated rings. The van der Waals surface area contributed by atoms with E-state index in [-0.39, 0.29) is 31.1 Å². The first-order chi connectivity index (χ1) is 13.8. The van der Waals surface area contributed by atoms with Crippen LogP contribution in [0.1, 0.15) is 25.0 Å². The molecule has 0 saturated heterocycles. The first kappa shape index (κ1) is 24.2. The van der Waals surface area contributed by atoms with Crippen molar-refractivity contribution in [1.82, 2.24) is 0 Å². The fourth-order valence-corrected chi connectivity index (χ4v) is 3.56. The number of halogens is 2. The molecule has 160 valence electrons. The lowest BCUT2D eigenvalue weighted by atomic mass is 9.78. The second kappa shape index (κ2) is 11.4. The molecule has 2 rings (SSSR count). The molecule has 0 spiro atoms. The highest BCUT2D eigenvalue weighted by Gasteiger charge is 2.24. The second-order valence-corrected chi connectivity index (χ2v) is 8.80. The molecule has 0 amide bonds. The van der Waals surface area contributed by atoms with Gasteiger partial charge in [0.1, 0.15) is 36.9 Å². The van der Waals surface area contributed by atoms with Gasteiger partial charge >= 0.3 is 0 Å². The van der Waals surface area contributed by atoms with Crippen molar-refractivity contribution in [1.29, 1.82) is 0 Å². The monoisotopic (exact) mass is 534 g/mol. The van der Waals surface area contributed by atoms with Crippen molar-refractivity contribution in [2.75, 3.05) is 32.8 Å². The molecular weight excluding hydrogens is 507 g/mol. The van der Waals surface area contributed by atoms with Gasteiger partial charge < -0.3 is 24.4 Å². The number of aliphatic hydroxyl groups is 2. The third-order valence-corrected chi connectivity index (χ3v) is 5.84. The summed E-state index contributed by atoms with van der Waals surface area (Å²) in [5, 5.41) is 19.3. The van der Waals surface area contributed by atoms with Crippen LogP contribution in [0.25, 0.3) is 0 Å². The predicted molar refractivity (Wildman–Crippen MR) is 123 cm³/mol. The first-order valence-corrected chi connectivity index (χ1v) is 11.0. The fraction of sp³-hybridized carbons (Fsp3) is 0.455. The van der Waals surface area contributed by atoms with Crippen molar-refractivity contribution in [2.45, 2.75) is 31.5 Å². The number of benzene rings is 2. The van der Waals surface area contributed by atoms with Gasteiger partial charge in [-0.1, -0.05) is 32.0 Å². The zero-order valence-corrected chi connectivity index (χ0v) is 19.8. The van der Waals surface area contributed by atoms with Crippen LogP contribution in [0, 0.1) is 3.57 Å². The minimum Gasteiger partial charge on any atom is -0.491 e. The summed E-state index contributed by atoms with van der Waals surface area (Å²) in [6.45, 7) is 4.93. The summed E-state index contributed by atoms with van der Waals surface area (Å²) in [5.41, 5.74) is 2.07. The third kappa shape index (κ3) is 7.00. The topological polar surface area (TPSA) is 68.2 Å². The van der Waals surface area contributed by atoms with Crippen LogP contribution in [0.15, 0.2) is 42.5 Å². The summed E-state index contributed by atoms with van der Waals surface area (Å²) < 4.78 is 17.1. The van der Waals surface area contributed by atoms with E-state index in [4.69, 9.17) is 25.8 Å². The number of ether oxygens (including phenoxy) is 3. The molecule has 0 heterocycles. The lowest BCUT2D eigenvalue weighted by molar-refractivity contribution is 0.0325. The molecule has 0 aliphatic carbocycles. The van der Waals surface area contributed by atoms with Crippen LogP contribution in [-0.2, 0) is 10.2 Å². The number of aliphatic hydroxyl groups excluding tert-OH is 2. The number of alkyl halides is 1. The van der Waals surface area contributed by atoms with E-state index in [0.29, 0.717) is 5.75 Å². The van der Waals surface area contributed by atoms with Crippen molar-refractivity contribution in [2.24, 2.45) is 0 Å². The van der Waals surface area contributed by atoms with Crippen molar-refractivity contribution in [3.8, 4) is 11.5 Å². The molecule has 0 aliphatic heterocycles. The van der Waals surface area contributed by atoms with Gasteiger partial charge in [0, 0.05) is 12.5 Å². The Hall–Kier alpha value is -1.06. The zero-order chi connectivity index (χ0) is 21.4. The predicted octanol–water partition coefficient (Wildman–Crippen LogP) is 3.98. The molecule has 0 aliphatic rings. The molecule has 2 N–H and O–H groups in total. The smallest absolute Gasteiger partial charge is 0.132 e. The van der Waals surface area contributed by atoms with E-state index in [0.717, 1.165) is 20.4 Å². The molecule has 0 bridgehead atoms. The molecule has 0 aromatic heterocycles. The Morgan fingerprint density at radius 2 is 1.55 bits per heavy atom.